The summed E-state index contributed by atoms with van der Waals surface area (Å²) in [4.78, 5) is 47.7. The quantitative estimate of drug-likeness (QED) is 0.515. The summed E-state index contributed by atoms with van der Waals surface area (Å²) >= 11 is 0. The number of hydrogen-bond acceptors (Lipinski definition) is 4. The molecule has 4 bridgehead atoms. The standard InChI is InChI=1S/C21H24N6O3/c22-15(28)9-25-19(29)21-5-10-3-11(6-21)16(12(4-10)7-21)27-17-13-1-2-23-18(13)24-8-14(17)26-20(27)30/h1-2,8,10-12,16H,3-7,9H2,(H2,22,28)(H,23,24)(H,25,29)(H,26,30). The van der Waals surface area contributed by atoms with Crippen molar-refractivity contribution in [2.75, 3.05) is 6.54 Å². The number of H-pyrrole nitrogens is 2. The molecule has 7 rings (SSSR count). The molecule has 3 aromatic heterocycles. The van der Waals surface area contributed by atoms with Crippen molar-refractivity contribution < 1.29 is 9.59 Å². The van der Waals surface area contributed by atoms with Gasteiger partial charge in [0.1, 0.15) is 5.65 Å². The van der Waals surface area contributed by atoms with Gasteiger partial charge >= 0.3 is 5.69 Å². The first-order chi connectivity index (χ1) is 14.4. The lowest BCUT2D eigenvalue weighted by molar-refractivity contribution is -0.152. The van der Waals surface area contributed by atoms with Gasteiger partial charge in [-0.1, -0.05) is 0 Å². The average molecular weight is 408 g/mol. The third-order valence-corrected chi connectivity index (χ3v) is 7.69. The Kier molecular flexibility index (Phi) is 3.52. The molecule has 30 heavy (non-hydrogen) atoms. The van der Waals surface area contributed by atoms with Gasteiger partial charge in [0.25, 0.3) is 0 Å². The van der Waals surface area contributed by atoms with E-state index in [1.807, 2.05) is 16.8 Å². The number of aromatic nitrogens is 4. The molecule has 0 aromatic carbocycles. The zero-order valence-electron chi connectivity index (χ0n) is 16.5. The van der Waals surface area contributed by atoms with E-state index in [2.05, 4.69) is 20.3 Å². The Morgan fingerprint density at radius 3 is 2.77 bits per heavy atom. The second-order valence-electron chi connectivity index (χ2n) is 9.45. The smallest absolute Gasteiger partial charge is 0.326 e. The second kappa shape index (κ2) is 5.96. The van der Waals surface area contributed by atoms with Crippen LogP contribution in [0.3, 0.4) is 0 Å². The van der Waals surface area contributed by atoms with Crippen molar-refractivity contribution in [2.24, 2.45) is 28.9 Å². The van der Waals surface area contributed by atoms with Crippen LogP contribution in [0.4, 0.5) is 0 Å². The van der Waals surface area contributed by atoms with Gasteiger partial charge in [-0.15, -0.1) is 0 Å². The van der Waals surface area contributed by atoms with Crippen molar-refractivity contribution in [3.63, 3.8) is 0 Å². The van der Waals surface area contributed by atoms with Gasteiger partial charge in [-0.05, 0) is 55.9 Å². The van der Waals surface area contributed by atoms with Crippen LogP contribution in [0.25, 0.3) is 22.1 Å². The monoisotopic (exact) mass is 408 g/mol. The number of fused-ring (bicyclic) bond motifs is 3. The molecule has 0 aliphatic heterocycles. The maximum absolute atomic E-state index is 13.1. The summed E-state index contributed by atoms with van der Waals surface area (Å²) < 4.78 is 1.94. The molecule has 5 N–H and O–H groups in total. The van der Waals surface area contributed by atoms with Crippen LogP contribution in [-0.4, -0.2) is 37.9 Å². The molecular formula is C21H24N6O3. The van der Waals surface area contributed by atoms with E-state index in [-0.39, 0.29) is 36.0 Å². The summed E-state index contributed by atoms with van der Waals surface area (Å²) in [5.74, 6) is 0.430. The van der Waals surface area contributed by atoms with Gasteiger partial charge in [0.2, 0.25) is 11.8 Å². The third kappa shape index (κ3) is 2.34. The highest BCUT2D eigenvalue weighted by Crippen LogP contribution is 2.63. The summed E-state index contributed by atoms with van der Waals surface area (Å²) in [6, 6.07) is 2.03. The van der Waals surface area contributed by atoms with Crippen molar-refractivity contribution in [3.05, 3.63) is 28.9 Å². The molecule has 0 saturated heterocycles. The zero-order valence-corrected chi connectivity index (χ0v) is 16.5. The SMILES string of the molecule is NC(=O)CNC(=O)C12CC3CC(C1)C(n1c(=O)[nH]c4cnc5[nH]ccc5c41)C(C3)C2. The van der Waals surface area contributed by atoms with Crippen LogP contribution in [0.1, 0.15) is 38.1 Å². The van der Waals surface area contributed by atoms with E-state index in [4.69, 9.17) is 5.73 Å². The van der Waals surface area contributed by atoms with E-state index in [1.54, 1.807) is 6.20 Å². The first-order valence-electron chi connectivity index (χ1n) is 10.6. The van der Waals surface area contributed by atoms with Gasteiger partial charge in [0, 0.05) is 17.6 Å². The number of amides is 2. The lowest BCUT2D eigenvalue weighted by atomic mass is 9.47. The molecule has 3 heterocycles. The fraction of sp³-hybridized carbons (Fsp3) is 0.524. The third-order valence-electron chi connectivity index (χ3n) is 7.69. The molecule has 0 spiro atoms. The topological polar surface area (TPSA) is 139 Å². The molecule has 2 atom stereocenters. The molecule has 4 saturated carbocycles. The highest BCUT2D eigenvalue weighted by molar-refractivity contribution is 6.01. The van der Waals surface area contributed by atoms with E-state index >= 15 is 0 Å². The van der Waals surface area contributed by atoms with Crippen LogP contribution in [-0.2, 0) is 9.59 Å². The first kappa shape index (κ1) is 17.7. The molecule has 4 fully saturated rings. The summed E-state index contributed by atoms with van der Waals surface area (Å²) in [5, 5.41) is 3.69. The number of aromatic amines is 2. The number of carbonyl (C=O) groups is 2. The van der Waals surface area contributed by atoms with E-state index in [9.17, 15) is 14.4 Å². The van der Waals surface area contributed by atoms with Crippen LogP contribution in [0, 0.1) is 23.2 Å². The highest BCUT2D eigenvalue weighted by Gasteiger charge is 2.59. The number of nitrogens with one attached hydrogen (secondary N) is 3. The van der Waals surface area contributed by atoms with Gasteiger partial charge in [-0.3, -0.25) is 14.2 Å². The van der Waals surface area contributed by atoms with E-state index in [0.717, 1.165) is 54.2 Å². The van der Waals surface area contributed by atoms with E-state index in [0.29, 0.717) is 5.92 Å². The Hall–Kier alpha value is -3.10. The van der Waals surface area contributed by atoms with E-state index < -0.39 is 11.3 Å². The number of carbonyl (C=O) groups excluding carboxylic acids is 2. The normalized spacial score (nSPS) is 32.1. The predicted octanol–water partition coefficient (Wildman–Crippen LogP) is 1.17. The number of primary amides is 1. The molecule has 9 heteroatoms. The van der Waals surface area contributed by atoms with Gasteiger partial charge in [-0.25, -0.2) is 9.78 Å². The predicted molar refractivity (Wildman–Crippen MR) is 109 cm³/mol. The molecule has 2 unspecified atom stereocenters. The zero-order chi connectivity index (χ0) is 20.6. The Labute approximate surface area is 171 Å². The van der Waals surface area contributed by atoms with Crippen LogP contribution in [0.2, 0.25) is 0 Å². The average Bonchev–Trinajstić information content (AvgIpc) is 3.29. The number of rotatable bonds is 4. The fourth-order valence-corrected chi connectivity index (χ4v) is 6.96. The van der Waals surface area contributed by atoms with Crippen molar-refractivity contribution in [3.8, 4) is 0 Å². The number of hydrogen-bond donors (Lipinski definition) is 4. The van der Waals surface area contributed by atoms with Crippen LogP contribution in [0.5, 0.6) is 0 Å². The number of imidazole rings is 1. The molecule has 4 aliphatic carbocycles. The minimum absolute atomic E-state index is 0.0531. The summed E-state index contributed by atoms with van der Waals surface area (Å²) in [7, 11) is 0. The van der Waals surface area contributed by atoms with Crippen molar-refractivity contribution in [1.29, 1.82) is 0 Å². The maximum atomic E-state index is 13.1. The number of nitrogens with zero attached hydrogens (tertiary/aromatic N) is 2. The van der Waals surface area contributed by atoms with Crippen LogP contribution < -0.4 is 16.7 Å². The van der Waals surface area contributed by atoms with Gasteiger partial charge < -0.3 is 21.0 Å². The molecule has 3 aromatic rings. The van der Waals surface area contributed by atoms with Crippen LogP contribution in [0.15, 0.2) is 23.3 Å². The molecule has 9 nitrogen and oxygen atoms in total. The molecule has 156 valence electrons. The van der Waals surface area contributed by atoms with Gasteiger partial charge in [0.05, 0.1) is 29.2 Å². The summed E-state index contributed by atoms with van der Waals surface area (Å²) in [5.41, 5.74) is 7.08. The Morgan fingerprint density at radius 1 is 1.27 bits per heavy atom. The molecule has 2 amide bonds. The molecule has 0 radical (unpaired) electrons. The molecular weight excluding hydrogens is 384 g/mol. The summed E-state index contributed by atoms with van der Waals surface area (Å²) in [6.45, 7) is -0.121. The Bertz CT molecular complexity index is 1240. The van der Waals surface area contributed by atoms with Crippen LogP contribution >= 0.6 is 0 Å². The summed E-state index contributed by atoms with van der Waals surface area (Å²) in [6.07, 6.45) is 7.98. The van der Waals surface area contributed by atoms with Gasteiger partial charge in [-0.2, -0.15) is 0 Å². The highest BCUT2D eigenvalue weighted by atomic mass is 16.2. The second-order valence-corrected chi connectivity index (χ2v) is 9.45. The lowest BCUT2D eigenvalue weighted by Crippen LogP contribution is -2.58. The van der Waals surface area contributed by atoms with E-state index in [1.165, 1.54) is 0 Å². The lowest BCUT2D eigenvalue weighted by Gasteiger charge is -2.59. The number of pyridine rings is 1. The Balaban J connectivity index is 1.42. The van der Waals surface area contributed by atoms with Crippen molar-refractivity contribution in [2.45, 2.75) is 38.1 Å². The minimum Gasteiger partial charge on any atom is -0.368 e. The minimum atomic E-state index is -0.527. The largest absolute Gasteiger partial charge is 0.368 e. The maximum Gasteiger partial charge on any atom is 0.326 e. The molecule has 4 aliphatic rings. The van der Waals surface area contributed by atoms with Crippen molar-refractivity contribution >= 4 is 33.9 Å². The van der Waals surface area contributed by atoms with Gasteiger partial charge in [0.15, 0.2) is 0 Å². The fourth-order valence-electron chi connectivity index (χ4n) is 6.96. The first-order valence-corrected chi connectivity index (χ1v) is 10.6. The number of nitrogens with two attached hydrogens (primary N) is 1. The van der Waals surface area contributed by atoms with Crippen molar-refractivity contribution in [1.82, 2.24) is 24.8 Å². The Morgan fingerprint density at radius 2 is 2.03 bits per heavy atom.